The molecule has 3 fully saturated rings. The number of nitrogens with zero attached hydrogens (tertiary/aromatic N) is 2. The van der Waals surface area contributed by atoms with Crippen LogP contribution in [0.5, 0.6) is 0 Å². The van der Waals surface area contributed by atoms with Crippen molar-refractivity contribution in [2.75, 3.05) is 26.7 Å². The molecule has 2 heterocycles. The summed E-state index contributed by atoms with van der Waals surface area (Å²) in [6, 6.07) is 0. The van der Waals surface area contributed by atoms with E-state index in [0.29, 0.717) is 5.41 Å². The van der Waals surface area contributed by atoms with E-state index in [1.807, 2.05) is 4.90 Å². The monoisotopic (exact) mass is 266 g/mol. The Hall–Kier alpha value is -0.770. The summed E-state index contributed by atoms with van der Waals surface area (Å²) in [6.07, 6.45) is 5.70. The Bertz CT molecular complexity index is 368. The largest absolute Gasteiger partial charge is 0.446 e. The second kappa shape index (κ2) is 4.37. The number of hydrogen-bond donors (Lipinski definition) is 0. The average Bonchev–Trinajstić information content (AvgIpc) is 3.01. The Balaban J connectivity index is 1.58. The van der Waals surface area contributed by atoms with Crippen LogP contribution in [0.15, 0.2) is 0 Å². The van der Waals surface area contributed by atoms with Gasteiger partial charge < -0.3 is 14.5 Å². The Labute approximate surface area is 116 Å². The van der Waals surface area contributed by atoms with Gasteiger partial charge in [0.2, 0.25) is 0 Å². The third-order valence-corrected chi connectivity index (χ3v) is 5.14. The Morgan fingerprint density at radius 3 is 2.37 bits per heavy atom. The summed E-state index contributed by atoms with van der Waals surface area (Å²) < 4.78 is 5.74. The summed E-state index contributed by atoms with van der Waals surface area (Å²) in [5.41, 5.74) is 0.411. The fourth-order valence-corrected chi connectivity index (χ4v) is 3.75. The van der Waals surface area contributed by atoms with Crippen LogP contribution < -0.4 is 0 Å². The molecular formula is C15H26N2O2. The maximum Gasteiger partial charge on any atom is 0.410 e. The molecule has 0 aromatic heterocycles. The molecular weight excluding hydrogens is 240 g/mol. The third kappa shape index (κ3) is 2.60. The van der Waals surface area contributed by atoms with Crippen molar-refractivity contribution >= 4 is 6.09 Å². The van der Waals surface area contributed by atoms with Gasteiger partial charge in [0.1, 0.15) is 6.10 Å². The number of amides is 1. The van der Waals surface area contributed by atoms with E-state index in [1.165, 1.54) is 12.8 Å². The lowest BCUT2D eigenvalue weighted by atomic mass is 9.95. The van der Waals surface area contributed by atoms with Crippen molar-refractivity contribution in [1.82, 2.24) is 9.80 Å². The Kier molecular flexibility index (Phi) is 3.04. The number of hydrogen-bond acceptors (Lipinski definition) is 3. The van der Waals surface area contributed by atoms with E-state index in [-0.39, 0.29) is 17.7 Å². The molecule has 4 nitrogen and oxygen atoms in total. The molecule has 0 aromatic rings. The summed E-state index contributed by atoms with van der Waals surface area (Å²) in [7, 11) is 2.12. The van der Waals surface area contributed by atoms with Crippen LogP contribution in [0.25, 0.3) is 0 Å². The molecule has 1 spiro atoms. The highest BCUT2D eigenvalue weighted by Gasteiger charge is 2.57. The van der Waals surface area contributed by atoms with Crippen LogP contribution in [0.1, 0.15) is 46.0 Å². The quantitative estimate of drug-likeness (QED) is 0.731. The van der Waals surface area contributed by atoms with E-state index in [2.05, 4.69) is 25.8 Å². The van der Waals surface area contributed by atoms with Crippen LogP contribution in [0.2, 0.25) is 0 Å². The third-order valence-electron chi connectivity index (χ3n) is 5.14. The van der Waals surface area contributed by atoms with E-state index in [1.54, 1.807) is 0 Å². The summed E-state index contributed by atoms with van der Waals surface area (Å²) in [6.45, 7) is 7.33. The standard InChI is InChI=1S/C15H26N2O2/c1-14(2)10-15(6-7-15)11-17(14)13(18)19-12-4-8-16(3)9-5-12/h12H,4-11H2,1-3H3. The number of carbonyl (C=O) groups is 1. The van der Waals surface area contributed by atoms with Crippen molar-refractivity contribution < 1.29 is 9.53 Å². The summed E-state index contributed by atoms with van der Waals surface area (Å²) in [5, 5.41) is 0. The minimum Gasteiger partial charge on any atom is -0.446 e. The second-order valence-corrected chi connectivity index (χ2v) is 7.46. The minimum atomic E-state index is -0.0803. The van der Waals surface area contributed by atoms with Crippen LogP contribution >= 0.6 is 0 Å². The zero-order valence-electron chi connectivity index (χ0n) is 12.4. The highest BCUT2D eigenvalue weighted by Crippen LogP contribution is 2.57. The van der Waals surface area contributed by atoms with Crippen molar-refractivity contribution in [3.8, 4) is 0 Å². The van der Waals surface area contributed by atoms with Gasteiger partial charge in [0.25, 0.3) is 0 Å². The number of likely N-dealkylation sites (tertiary alicyclic amines) is 2. The molecule has 0 radical (unpaired) electrons. The molecule has 3 aliphatic rings. The van der Waals surface area contributed by atoms with E-state index in [0.717, 1.165) is 38.9 Å². The average molecular weight is 266 g/mol. The van der Waals surface area contributed by atoms with E-state index < -0.39 is 0 Å². The van der Waals surface area contributed by atoms with Gasteiger partial charge in [-0.3, -0.25) is 0 Å². The molecule has 2 saturated heterocycles. The van der Waals surface area contributed by atoms with Gasteiger partial charge >= 0.3 is 6.09 Å². The molecule has 0 N–H and O–H groups in total. The first-order valence-corrected chi connectivity index (χ1v) is 7.57. The fourth-order valence-electron chi connectivity index (χ4n) is 3.75. The van der Waals surface area contributed by atoms with Crippen LogP contribution in [-0.2, 0) is 4.74 Å². The van der Waals surface area contributed by atoms with Gasteiger partial charge in [0.05, 0.1) is 0 Å². The van der Waals surface area contributed by atoms with Gasteiger partial charge in [-0.25, -0.2) is 4.79 Å². The Morgan fingerprint density at radius 2 is 1.84 bits per heavy atom. The maximum atomic E-state index is 12.4. The maximum absolute atomic E-state index is 12.4. The first kappa shape index (κ1) is 13.2. The first-order chi connectivity index (χ1) is 8.90. The summed E-state index contributed by atoms with van der Waals surface area (Å²) >= 11 is 0. The molecule has 19 heavy (non-hydrogen) atoms. The zero-order chi connectivity index (χ0) is 13.7. The summed E-state index contributed by atoms with van der Waals surface area (Å²) in [5.74, 6) is 0. The molecule has 1 saturated carbocycles. The van der Waals surface area contributed by atoms with Crippen molar-refractivity contribution in [1.29, 1.82) is 0 Å². The van der Waals surface area contributed by atoms with Gasteiger partial charge in [-0.2, -0.15) is 0 Å². The Morgan fingerprint density at radius 1 is 1.21 bits per heavy atom. The van der Waals surface area contributed by atoms with Crippen molar-refractivity contribution in [2.24, 2.45) is 5.41 Å². The van der Waals surface area contributed by atoms with Crippen molar-refractivity contribution in [2.45, 2.75) is 57.6 Å². The molecule has 0 aromatic carbocycles. The predicted molar refractivity (Wildman–Crippen MR) is 74.1 cm³/mol. The number of carbonyl (C=O) groups excluding carboxylic acids is 1. The zero-order valence-corrected chi connectivity index (χ0v) is 12.4. The molecule has 1 aliphatic carbocycles. The molecule has 3 rings (SSSR count). The first-order valence-electron chi connectivity index (χ1n) is 7.57. The normalized spacial score (nSPS) is 29.7. The smallest absolute Gasteiger partial charge is 0.410 e. The molecule has 0 bridgehead atoms. The molecule has 2 aliphatic heterocycles. The SMILES string of the molecule is CN1CCC(OC(=O)N2CC3(CC3)CC2(C)C)CC1. The van der Waals surface area contributed by atoms with Gasteiger partial charge in [-0.15, -0.1) is 0 Å². The number of piperidine rings is 1. The molecule has 1 amide bonds. The van der Waals surface area contributed by atoms with Gasteiger partial charge in [-0.1, -0.05) is 0 Å². The van der Waals surface area contributed by atoms with Crippen LogP contribution in [0.4, 0.5) is 4.79 Å². The fraction of sp³-hybridized carbons (Fsp3) is 0.933. The molecule has 108 valence electrons. The van der Waals surface area contributed by atoms with E-state index in [9.17, 15) is 4.79 Å². The lowest BCUT2D eigenvalue weighted by molar-refractivity contribution is 0.0215. The lowest BCUT2D eigenvalue weighted by Crippen LogP contribution is -2.45. The van der Waals surface area contributed by atoms with E-state index in [4.69, 9.17) is 4.74 Å². The molecule has 4 heteroatoms. The van der Waals surface area contributed by atoms with Crippen LogP contribution in [-0.4, -0.2) is 54.2 Å². The summed E-state index contributed by atoms with van der Waals surface area (Å²) in [4.78, 5) is 16.7. The molecule has 0 atom stereocenters. The molecule has 0 unspecified atom stereocenters. The van der Waals surface area contributed by atoms with Crippen molar-refractivity contribution in [3.05, 3.63) is 0 Å². The van der Waals surface area contributed by atoms with Crippen molar-refractivity contribution in [3.63, 3.8) is 0 Å². The van der Waals surface area contributed by atoms with Gasteiger partial charge in [0, 0.05) is 25.2 Å². The van der Waals surface area contributed by atoms with Crippen LogP contribution in [0, 0.1) is 5.41 Å². The minimum absolute atomic E-state index is 0.0287. The van der Waals surface area contributed by atoms with Crippen LogP contribution in [0.3, 0.4) is 0 Å². The number of ether oxygens (including phenoxy) is 1. The predicted octanol–water partition coefficient (Wildman–Crippen LogP) is 2.48. The van der Waals surface area contributed by atoms with Gasteiger partial charge in [-0.05, 0) is 58.4 Å². The van der Waals surface area contributed by atoms with E-state index >= 15 is 0 Å². The highest BCUT2D eigenvalue weighted by molar-refractivity contribution is 5.69. The highest BCUT2D eigenvalue weighted by atomic mass is 16.6. The topological polar surface area (TPSA) is 32.8 Å². The lowest BCUT2D eigenvalue weighted by Gasteiger charge is -2.34. The number of rotatable bonds is 1. The second-order valence-electron chi connectivity index (χ2n) is 7.46. The van der Waals surface area contributed by atoms with Gasteiger partial charge in [0.15, 0.2) is 0 Å².